The van der Waals surface area contributed by atoms with Gasteiger partial charge in [-0.2, -0.15) is 0 Å². The minimum absolute atomic E-state index is 0.368. The molecular weight excluding hydrogens is 216 g/mol. The van der Waals surface area contributed by atoms with Gasteiger partial charge in [-0.1, -0.05) is 12.1 Å². The molecule has 1 aromatic rings. The summed E-state index contributed by atoms with van der Waals surface area (Å²) in [5.41, 5.74) is 7.34. The maximum absolute atomic E-state index is 5.94. The first kappa shape index (κ1) is 12.0. The van der Waals surface area contributed by atoms with Gasteiger partial charge in [-0.25, -0.2) is 0 Å². The first-order chi connectivity index (χ1) is 7.70. The zero-order valence-electron chi connectivity index (χ0n) is 10.0. The summed E-state index contributed by atoms with van der Waals surface area (Å²) in [6.45, 7) is 4.43. The highest BCUT2D eigenvalue weighted by Crippen LogP contribution is 2.25. The molecular formula is C13H20N2S. The van der Waals surface area contributed by atoms with Crippen molar-refractivity contribution < 1.29 is 0 Å². The van der Waals surface area contributed by atoms with Crippen molar-refractivity contribution >= 4 is 11.8 Å². The Bertz CT molecular complexity index is 336. The summed E-state index contributed by atoms with van der Waals surface area (Å²) in [6.07, 6.45) is 3.24. The van der Waals surface area contributed by atoms with E-state index in [2.05, 4.69) is 42.3 Å². The van der Waals surface area contributed by atoms with Crippen LogP contribution in [-0.4, -0.2) is 30.3 Å². The molecule has 1 heterocycles. The van der Waals surface area contributed by atoms with Crippen LogP contribution in [0.3, 0.4) is 0 Å². The van der Waals surface area contributed by atoms with Gasteiger partial charge in [-0.05, 0) is 37.3 Å². The maximum atomic E-state index is 5.94. The molecule has 2 rings (SSSR count). The highest BCUT2D eigenvalue weighted by atomic mass is 32.2. The Morgan fingerprint density at radius 3 is 2.56 bits per heavy atom. The highest BCUT2D eigenvalue weighted by Gasteiger charge is 2.24. The number of benzene rings is 1. The Labute approximate surface area is 102 Å². The van der Waals surface area contributed by atoms with E-state index < -0.39 is 0 Å². The smallest absolute Gasteiger partial charge is 0.0320 e. The van der Waals surface area contributed by atoms with Crippen LogP contribution >= 0.6 is 11.8 Å². The van der Waals surface area contributed by atoms with E-state index >= 15 is 0 Å². The summed E-state index contributed by atoms with van der Waals surface area (Å²) in [7, 11) is 0. The molecule has 1 aromatic carbocycles. The predicted octanol–water partition coefficient (Wildman–Crippen LogP) is 2.50. The number of hydrogen-bond acceptors (Lipinski definition) is 3. The number of rotatable bonds is 3. The van der Waals surface area contributed by atoms with Crippen molar-refractivity contribution in [3.63, 3.8) is 0 Å². The van der Waals surface area contributed by atoms with Crippen LogP contribution < -0.4 is 5.73 Å². The Morgan fingerprint density at radius 2 is 2.06 bits per heavy atom. The maximum Gasteiger partial charge on any atom is 0.0320 e. The van der Waals surface area contributed by atoms with Crippen LogP contribution in [0.1, 0.15) is 24.9 Å². The fraction of sp³-hybridized carbons (Fsp3) is 0.538. The van der Waals surface area contributed by atoms with Gasteiger partial charge in [0.15, 0.2) is 0 Å². The van der Waals surface area contributed by atoms with Gasteiger partial charge in [-0.15, -0.1) is 11.8 Å². The molecule has 1 fully saturated rings. The largest absolute Gasteiger partial charge is 0.326 e. The van der Waals surface area contributed by atoms with E-state index in [4.69, 9.17) is 5.73 Å². The fourth-order valence-electron chi connectivity index (χ4n) is 2.26. The molecule has 1 aliphatic heterocycles. The summed E-state index contributed by atoms with van der Waals surface area (Å²) in [5.74, 6) is 0. The van der Waals surface area contributed by atoms with Crippen LogP contribution in [0.5, 0.6) is 0 Å². The molecule has 0 bridgehead atoms. The number of thioether (sulfide) groups is 1. The second-order valence-corrected chi connectivity index (χ2v) is 5.37. The van der Waals surface area contributed by atoms with E-state index in [1.165, 1.54) is 10.5 Å². The van der Waals surface area contributed by atoms with E-state index in [-0.39, 0.29) is 0 Å². The van der Waals surface area contributed by atoms with Crippen molar-refractivity contribution in [1.29, 1.82) is 0 Å². The quantitative estimate of drug-likeness (QED) is 0.818. The highest BCUT2D eigenvalue weighted by molar-refractivity contribution is 7.98. The average Bonchev–Trinajstić information content (AvgIpc) is 2.75. The number of hydrogen-bond donors (Lipinski definition) is 1. The Morgan fingerprint density at radius 1 is 1.38 bits per heavy atom. The van der Waals surface area contributed by atoms with Crippen LogP contribution in [0.4, 0.5) is 0 Å². The monoisotopic (exact) mass is 236 g/mol. The lowest BCUT2D eigenvalue weighted by Crippen LogP contribution is -2.28. The van der Waals surface area contributed by atoms with E-state index in [1.807, 2.05) is 0 Å². The normalized spacial score (nSPS) is 23.6. The van der Waals surface area contributed by atoms with Crippen LogP contribution in [0.15, 0.2) is 29.2 Å². The van der Waals surface area contributed by atoms with Gasteiger partial charge in [0.2, 0.25) is 0 Å². The SMILES string of the molecule is CSc1ccc(C(C)N2CCC(N)C2)cc1. The molecule has 2 N–H and O–H groups in total. The zero-order valence-corrected chi connectivity index (χ0v) is 10.8. The van der Waals surface area contributed by atoms with Gasteiger partial charge in [0, 0.05) is 30.1 Å². The lowest BCUT2D eigenvalue weighted by atomic mass is 10.1. The number of nitrogens with zero attached hydrogens (tertiary/aromatic N) is 1. The lowest BCUT2D eigenvalue weighted by molar-refractivity contribution is 0.260. The van der Waals surface area contributed by atoms with Gasteiger partial charge in [0.05, 0.1) is 0 Å². The molecule has 88 valence electrons. The molecule has 0 aliphatic carbocycles. The molecule has 3 heteroatoms. The van der Waals surface area contributed by atoms with Crippen molar-refractivity contribution in [3.8, 4) is 0 Å². The van der Waals surface area contributed by atoms with Crippen molar-refractivity contribution in [2.75, 3.05) is 19.3 Å². The zero-order chi connectivity index (χ0) is 11.5. The number of nitrogens with two attached hydrogens (primary N) is 1. The average molecular weight is 236 g/mol. The molecule has 2 unspecified atom stereocenters. The fourth-order valence-corrected chi connectivity index (χ4v) is 2.67. The van der Waals surface area contributed by atoms with Crippen LogP contribution in [0.25, 0.3) is 0 Å². The van der Waals surface area contributed by atoms with E-state index in [0.29, 0.717) is 12.1 Å². The third kappa shape index (κ3) is 2.59. The van der Waals surface area contributed by atoms with Gasteiger partial charge < -0.3 is 5.73 Å². The van der Waals surface area contributed by atoms with E-state index in [1.54, 1.807) is 11.8 Å². The van der Waals surface area contributed by atoms with Crippen molar-refractivity contribution in [1.82, 2.24) is 4.90 Å². The van der Waals surface area contributed by atoms with Crippen LogP contribution in [0.2, 0.25) is 0 Å². The van der Waals surface area contributed by atoms with Crippen molar-refractivity contribution in [3.05, 3.63) is 29.8 Å². The first-order valence-electron chi connectivity index (χ1n) is 5.84. The molecule has 0 amide bonds. The molecule has 0 spiro atoms. The third-order valence-corrected chi connectivity index (χ3v) is 4.15. The minimum Gasteiger partial charge on any atom is -0.326 e. The molecule has 0 saturated carbocycles. The minimum atomic E-state index is 0.368. The van der Waals surface area contributed by atoms with E-state index in [9.17, 15) is 0 Å². The van der Waals surface area contributed by atoms with Gasteiger partial charge in [0.1, 0.15) is 0 Å². The van der Waals surface area contributed by atoms with Gasteiger partial charge >= 0.3 is 0 Å². The molecule has 2 nitrogen and oxygen atoms in total. The predicted molar refractivity (Wildman–Crippen MR) is 70.8 cm³/mol. The molecule has 2 atom stereocenters. The van der Waals surface area contributed by atoms with Crippen LogP contribution in [0, 0.1) is 0 Å². The number of likely N-dealkylation sites (tertiary alicyclic amines) is 1. The molecule has 0 radical (unpaired) electrons. The summed E-state index contributed by atoms with van der Waals surface area (Å²) >= 11 is 1.79. The molecule has 1 saturated heterocycles. The molecule has 0 aromatic heterocycles. The Balaban J connectivity index is 2.05. The van der Waals surface area contributed by atoms with Crippen molar-refractivity contribution in [2.24, 2.45) is 5.73 Å². The molecule has 1 aliphatic rings. The Kier molecular flexibility index (Phi) is 3.90. The topological polar surface area (TPSA) is 29.3 Å². The summed E-state index contributed by atoms with van der Waals surface area (Å²) in [4.78, 5) is 3.80. The van der Waals surface area contributed by atoms with E-state index in [0.717, 1.165) is 19.5 Å². The summed E-state index contributed by atoms with van der Waals surface area (Å²) in [5, 5.41) is 0. The lowest BCUT2D eigenvalue weighted by Gasteiger charge is -2.24. The first-order valence-corrected chi connectivity index (χ1v) is 7.06. The third-order valence-electron chi connectivity index (χ3n) is 3.40. The summed E-state index contributed by atoms with van der Waals surface area (Å²) in [6, 6.07) is 9.73. The standard InChI is InChI=1S/C13H20N2S/c1-10(15-8-7-12(14)9-15)11-3-5-13(16-2)6-4-11/h3-6,10,12H,7-9,14H2,1-2H3. The molecule has 16 heavy (non-hydrogen) atoms. The summed E-state index contributed by atoms with van der Waals surface area (Å²) < 4.78 is 0. The second kappa shape index (κ2) is 5.21. The van der Waals surface area contributed by atoms with Crippen molar-refractivity contribution in [2.45, 2.75) is 30.3 Å². The van der Waals surface area contributed by atoms with Crippen LogP contribution in [-0.2, 0) is 0 Å². The van der Waals surface area contributed by atoms with Gasteiger partial charge in [0.25, 0.3) is 0 Å². The second-order valence-electron chi connectivity index (χ2n) is 4.49. The van der Waals surface area contributed by atoms with Gasteiger partial charge in [-0.3, -0.25) is 4.90 Å². The Hall–Kier alpha value is -0.510.